The fourth-order valence-electron chi connectivity index (χ4n) is 2.48. The number of amides is 1. The Morgan fingerprint density at radius 1 is 1.06 bits per heavy atom. The average molecular weight is 558 g/mol. The zero-order valence-corrected chi connectivity index (χ0v) is 20.4. The third kappa shape index (κ3) is 7.25. The molecule has 166 valence electrons. The van der Waals surface area contributed by atoms with Crippen LogP contribution in [0.4, 0.5) is 0 Å². The van der Waals surface area contributed by atoms with Gasteiger partial charge in [0.15, 0.2) is 18.1 Å². The van der Waals surface area contributed by atoms with Crippen molar-refractivity contribution >= 4 is 50.0 Å². The number of benzene rings is 2. The predicted octanol–water partition coefficient (Wildman–Crippen LogP) is 4.32. The lowest BCUT2D eigenvalue weighted by Crippen LogP contribution is -2.18. The third-order valence-electron chi connectivity index (χ3n) is 3.76. The molecule has 0 heterocycles. The van der Waals surface area contributed by atoms with E-state index in [1.54, 1.807) is 37.3 Å². The molecule has 2 aromatic carbocycles. The van der Waals surface area contributed by atoms with E-state index in [4.69, 9.17) is 18.9 Å². The summed E-state index contributed by atoms with van der Waals surface area (Å²) in [7, 11) is 1.49. The number of nitrogens with one attached hydrogen (secondary N) is 1. The van der Waals surface area contributed by atoms with Crippen LogP contribution in [0.25, 0.3) is 0 Å². The Morgan fingerprint density at radius 3 is 2.52 bits per heavy atom. The maximum absolute atomic E-state index is 12.4. The number of nitrogens with zero attached hydrogens (tertiary/aromatic N) is 1. The van der Waals surface area contributed by atoms with Gasteiger partial charge in [0.25, 0.3) is 5.91 Å². The van der Waals surface area contributed by atoms with Crippen LogP contribution < -0.4 is 19.6 Å². The van der Waals surface area contributed by atoms with E-state index in [0.29, 0.717) is 39.5 Å². The Balaban J connectivity index is 2.15. The number of carbonyl (C=O) groups is 2. The quantitative estimate of drug-likeness (QED) is 0.265. The molecular formula is C21H22Br2N2O6. The summed E-state index contributed by atoms with van der Waals surface area (Å²) in [6.07, 6.45) is 1.46. The lowest BCUT2D eigenvalue weighted by molar-refractivity contribution is -0.145. The van der Waals surface area contributed by atoms with Gasteiger partial charge in [-0.2, -0.15) is 5.10 Å². The van der Waals surface area contributed by atoms with Crippen molar-refractivity contribution in [3.05, 3.63) is 50.4 Å². The summed E-state index contributed by atoms with van der Waals surface area (Å²) in [6.45, 7) is 3.97. The van der Waals surface area contributed by atoms with Crippen molar-refractivity contribution in [3.63, 3.8) is 0 Å². The first-order valence-corrected chi connectivity index (χ1v) is 10.9. The first-order valence-electron chi connectivity index (χ1n) is 9.31. The summed E-state index contributed by atoms with van der Waals surface area (Å²) in [4.78, 5) is 24.0. The molecule has 0 aliphatic rings. The van der Waals surface area contributed by atoms with Crippen LogP contribution >= 0.6 is 31.9 Å². The molecule has 1 amide bonds. The minimum Gasteiger partial charge on any atom is -0.496 e. The van der Waals surface area contributed by atoms with Gasteiger partial charge in [0.05, 0.1) is 36.6 Å². The Hall–Kier alpha value is -2.59. The summed E-state index contributed by atoms with van der Waals surface area (Å²) in [6, 6.07) is 8.51. The second kappa shape index (κ2) is 12.3. The summed E-state index contributed by atoms with van der Waals surface area (Å²) in [5.41, 5.74) is 3.45. The van der Waals surface area contributed by atoms with Crippen molar-refractivity contribution in [2.75, 3.05) is 26.9 Å². The Bertz CT molecular complexity index is 965. The van der Waals surface area contributed by atoms with Gasteiger partial charge < -0.3 is 18.9 Å². The predicted molar refractivity (Wildman–Crippen MR) is 123 cm³/mol. The summed E-state index contributed by atoms with van der Waals surface area (Å²) in [5, 5.41) is 4.01. The van der Waals surface area contributed by atoms with Crippen molar-refractivity contribution in [3.8, 4) is 17.2 Å². The summed E-state index contributed by atoms with van der Waals surface area (Å²) in [5.74, 6) is 0.319. The van der Waals surface area contributed by atoms with E-state index in [-0.39, 0.29) is 13.2 Å². The molecule has 0 saturated heterocycles. The van der Waals surface area contributed by atoms with Gasteiger partial charge in [-0.3, -0.25) is 4.79 Å². The molecule has 8 nitrogen and oxygen atoms in total. The van der Waals surface area contributed by atoms with Crippen LogP contribution in [0.5, 0.6) is 17.2 Å². The van der Waals surface area contributed by atoms with Crippen LogP contribution in [0.1, 0.15) is 29.8 Å². The van der Waals surface area contributed by atoms with Gasteiger partial charge in [-0.1, -0.05) is 15.9 Å². The van der Waals surface area contributed by atoms with Crippen LogP contribution in [0.3, 0.4) is 0 Å². The number of esters is 1. The normalized spacial score (nSPS) is 10.6. The fourth-order valence-corrected chi connectivity index (χ4v) is 3.42. The second-order valence-corrected chi connectivity index (χ2v) is 7.67. The Labute approximate surface area is 197 Å². The Kier molecular flexibility index (Phi) is 9.80. The fraction of sp³-hybridized carbons (Fsp3) is 0.286. The number of carbonyl (C=O) groups excluding carboxylic acids is 2. The van der Waals surface area contributed by atoms with Crippen LogP contribution in [-0.2, 0) is 9.53 Å². The van der Waals surface area contributed by atoms with E-state index < -0.39 is 11.9 Å². The average Bonchev–Trinajstić information content (AvgIpc) is 2.73. The van der Waals surface area contributed by atoms with Crippen LogP contribution in [0.15, 0.2) is 44.4 Å². The molecule has 0 spiro atoms. The molecule has 31 heavy (non-hydrogen) atoms. The van der Waals surface area contributed by atoms with Gasteiger partial charge in [-0.15, -0.1) is 0 Å². The molecule has 0 aliphatic carbocycles. The maximum atomic E-state index is 12.4. The molecule has 0 aliphatic heterocycles. The number of rotatable bonds is 10. The molecule has 0 unspecified atom stereocenters. The number of hydrogen-bond acceptors (Lipinski definition) is 7. The molecule has 2 rings (SSSR count). The molecule has 0 atom stereocenters. The third-order valence-corrected chi connectivity index (χ3v) is 4.84. The van der Waals surface area contributed by atoms with Gasteiger partial charge >= 0.3 is 5.97 Å². The van der Waals surface area contributed by atoms with E-state index in [1.165, 1.54) is 13.3 Å². The van der Waals surface area contributed by atoms with Gasteiger partial charge in [-0.05, 0) is 65.7 Å². The largest absolute Gasteiger partial charge is 0.496 e. The van der Waals surface area contributed by atoms with Crippen LogP contribution in [-0.4, -0.2) is 45.0 Å². The van der Waals surface area contributed by atoms with Crippen molar-refractivity contribution in [1.29, 1.82) is 0 Å². The number of hydrazone groups is 1. The van der Waals surface area contributed by atoms with Gasteiger partial charge in [0.1, 0.15) is 5.75 Å². The van der Waals surface area contributed by atoms with E-state index >= 15 is 0 Å². The summed E-state index contributed by atoms with van der Waals surface area (Å²) < 4.78 is 22.5. The minimum absolute atomic E-state index is 0.246. The van der Waals surface area contributed by atoms with E-state index in [1.807, 2.05) is 6.92 Å². The van der Waals surface area contributed by atoms with E-state index in [0.717, 1.165) is 4.47 Å². The molecule has 0 saturated carbocycles. The van der Waals surface area contributed by atoms with Crippen molar-refractivity contribution in [1.82, 2.24) is 5.43 Å². The van der Waals surface area contributed by atoms with Crippen LogP contribution in [0.2, 0.25) is 0 Å². The van der Waals surface area contributed by atoms with Gasteiger partial charge in [0, 0.05) is 4.47 Å². The lowest BCUT2D eigenvalue weighted by Gasteiger charge is -2.14. The molecule has 0 bridgehead atoms. The molecule has 0 aromatic heterocycles. The van der Waals surface area contributed by atoms with Crippen molar-refractivity contribution in [2.45, 2.75) is 13.8 Å². The highest BCUT2D eigenvalue weighted by atomic mass is 79.9. The molecule has 2 aromatic rings. The lowest BCUT2D eigenvalue weighted by atomic mass is 10.2. The van der Waals surface area contributed by atoms with E-state index in [9.17, 15) is 9.59 Å². The highest BCUT2D eigenvalue weighted by Crippen LogP contribution is 2.36. The zero-order valence-electron chi connectivity index (χ0n) is 17.2. The molecular weight excluding hydrogens is 536 g/mol. The highest BCUT2D eigenvalue weighted by molar-refractivity contribution is 9.10. The number of halogens is 2. The second-order valence-electron chi connectivity index (χ2n) is 5.90. The molecule has 0 radical (unpaired) electrons. The zero-order chi connectivity index (χ0) is 22.8. The minimum atomic E-state index is -0.479. The number of hydrogen-bond donors (Lipinski definition) is 1. The number of ether oxygens (including phenoxy) is 4. The molecule has 10 heteroatoms. The SMILES string of the molecule is CCOC(=O)COc1c(Br)cc(/C=N\NC(=O)c2cc(Br)ccc2OC)cc1OCC. The molecule has 1 N–H and O–H groups in total. The maximum Gasteiger partial charge on any atom is 0.344 e. The van der Waals surface area contributed by atoms with Crippen molar-refractivity contribution < 1.29 is 28.5 Å². The summed E-state index contributed by atoms with van der Waals surface area (Å²) >= 11 is 6.75. The van der Waals surface area contributed by atoms with Gasteiger partial charge in [-0.25, -0.2) is 10.2 Å². The molecule has 0 fully saturated rings. The smallest absolute Gasteiger partial charge is 0.344 e. The Morgan fingerprint density at radius 2 is 1.84 bits per heavy atom. The number of methoxy groups -OCH3 is 1. The topological polar surface area (TPSA) is 95.5 Å². The first kappa shape index (κ1) is 24.7. The van der Waals surface area contributed by atoms with Crippen LogP contribution in [0, 0.1) is 0 Å². The van der Waals surface area contributed by atoms with E-state index in [2.05, 4.69) is 42.4 Å². The monoisotopic (exact) mass is 556 g/mol. The van der Waals surface area contributed by atoms with Gasteiger partial charge in [0.2, 0.25) is 0 Å². The highest BCUT2D eigenvalue weighted by Gasteiger charge is 2.15. The standard InChI is InChI=1S/C21H22Br2N2O6/c1-4-29-18-9-13(8-16(23)20(18)31-12-19(26)30-5-2)11-24-25-21(27)15-10-14(22)6-7-17(15)28-3/h6-11H,4-5,12H2,1-3H3,(H,25,27)/b24-11-. The van der Waals surface area contributed by atoms with Crippen molar-refractivity contribution in [2.24, 2.45) is 5.10 Å². The first-order chi connectivity index (χ1) is 14.9.